The van der Waals surface area contributed by atoms with Crippen LogP contribution in [-0.4, -0.2) is 42.3 Å². The molecule has 1 heterocycles. The standard InChI is InChI=1S/C32H28F5NO2/c33-13-2-14-38-18-21(19-38)15-20-5-7-22(8-6-20)30-26(24-10-12-29(34)28(17-24)32(35,36)37)4-1-3-23-16-25(31(39)40)9-11-27(23)30/h5-12,15-17H,1-4,13-14,18-19H2,(H,39,40). The first kappa shape index (κ1) is 27.8. The normalized spacial score (nSPS) is 15.9. The number of alkyl halides is 4. The number of fused-ring (bicyclic) bond motifs is 1. The molecule has 2 aliphatic rings. The van der Waals surface area contributed by atoms with Crippen LogP contribution in [0.4, 0.5) is 22.0 Å². The van der Waals surface area contributed by atoms with Gasteiger partial charge < -0.3 is 5.11 Å². The lowest BCUT2D eigenvalue weighted by molar-refractivity contribution is -0.140. The average Bonchev–Trinajstić information content (AvgIpc) is 3.09. The third kappa shape index (κ3) is 5.87. The molecule has 0 unspecified atom stereocenters. The summed E-state index contributed by atoms with van der Waals surface area (Å²) < 4.78 is 67.3. The summed E-state index contributed by atoms with van der Waals surface area (Å²) >= 11 is 0. The van der Waals surface area contributed by atoms with Crippen molar-refractivity contribution in [3.8, 4) is 0 Å². The molecule has 8 heteroatoms. The molecular formula is C32H28F5NO2. The van der Waals surface area contributed by atoms with E-state index in [1.807, 2.05) is 24.3 Å². The highest BCUT2D eigenvalue weighted by atomic mass is 19.4. The van der Waals surface area contributed by atoms with E-state index in [1.165, 1.54) is 17.7 Å². The third-order valence-corrected chi connectivity index (χ3v) is 7.45. The maximum absolute atomic E-state index is 14.1. The molecule has 1 saturated heterocycles. The number of aromatic carboxylic acids is 1. The van der Waals surface area contributed by atoms with Crippen molar-refractivity contribution in [3.05, 3.63) is 111 Å². The number of likely N-dealkylation sites (tertiary alicyclic amines) is 1. The summed E-state index contributed by atoms with van der Waals surface area (Å²) in [6.07, 6.45) is -0.640. The summed E-state index contributed by atoms with van der Waals surface area (Å²) in [5, 5.41) is 9.51. The van der Waals surface area contributed by atoms with Gasteiger partial charge in [-0.3, -0.25) is 9.29 Å². The highest BCUT2D eigenvalue weighted by Crippen LogP contribution is 2.42. The van der Waals surface area contributed by atoms with E-state index in [9.17, 15) is 31.9 Å². The van der Waals surface area contributed by atoms with Gasteiger partial charge in [-0.2, -0.15) is 13.2 Å². The van der Waals surface area contributed by atoms with Gasteiger partial charge >= 0.3 is 12.1 Å². The number of hydrogen-bond acceptors (Lipinski definition) is 2. The maximum Gasteiger partial charge on any atom is 0.419 e. The fourth-order valence-electron chi connectivity index (χ4n) is 5.51. The Hall–Kier alpha value is -3.78. The summed E-state index contributed by atoms with van der Waals surface area (Å²) in [6.45, 7) is 1.99. The van der Waals surface area contributed by atoms with Crippen molar-refractivity contribution < 1.29 is 31.9 Å². The van der Waals surface area contributed by atoms with Gasteiger partial charge in [0.2, 0.25) is 0 Å². The van der Waals surface area contributed by atoms with Gasteiger partial charge in [-0.25, -0.2) is 9.18 Å². The van der Waals surface area contributed by atoms with Crippen LogP contribution in [0, 0.1) is 5.82 Å². The Bertz CT molecular complexity index is 1480. The van der Waals surface area contributed by atoms with Crippen molar-refractivity contribution in [1.29, 1.82) is 0 Å². The Morgan fingerprint density at radius 2 is 1.68 bits per heavy atom. The topological polar surface area (TPSA) is 40.5 Å². The molecule has 3 nitrogen and oxygen atoms in total. The minimum atomic E-state index is -4.84. The molecule has 3 aromatic rings. The van der Waals surface area contributed by atoms with Gasteiger partial charge in [0.1, 0.15) is 5.82 Å². The zero-order chi connectivity index (χ0) is 28.4. The van der Waals surface area contributed by atoms with E-state index in [1.54, 1.807) is 12.1 Å². The van der Waals surface area contributed by atoms with Crippen LogP contribution in [0.1, 0.15) is 63.0 Å². The Morgan fingerprint density at radius 3 is 2.35 bits per heavy atom. The molecule has 40 heavy (non-hydrogen) atoms. The minimum Gasteiger partial charge on any atom is -0.478 e. The first-order chi connectivity index (χ1) is 19.1. The van der Waals surface area contributed by atoms with Crippen molar-refractivity contribution in [2.75, 3.05) is 26.3 Å². The second kappa shape index (κ2) is 11.4. The molecule has 1 aliphatic carbocycles. The monoisotopic (exact) mass is 553 g/mol. The smallest absolute Gasteiger partial charge is 0.419 e. The Balaban J connectivity index is 1.58. The summed E-state index contributed by atoms with van der Waals surface area (Å²) in [5.74, 6) is -2.38. The molecule has 1 N–H and O–H groups in total. The molecule has 0 aromatic heterocycles. The molecular weight excluding hydrogens is 525 g/mol. The molecule has 5 rings (SSSR count). The lowest BCUT2D eigenvalue weighted by Gasteiger charge is -2.33. The molecule has 0 amide bonds. The molecule has 3 aromatic carbocycles. The van der Waals surface area contributed by atoms with Crippen molar-refractivity contribution in [2.24, 2.45) is 0 Å². The highest BCUT2D eigenvalue weighted by molar-refractivity contribution is 6.00. The molecule has 0 bridgehead atoms. The number of carboxylic acid groups (broad SMARTS) is 1. The third-order valence-electron chi connectivity index (χ3n) is 7.45. The van der Waals surface area contributed by atoms with E-state index in [-0.39, 0.29) is 17.8 Å². The van der Waals surface area contributed by atoms with Gasteiger partial charge in [0, 0.05) is 19.6 Å². The molecule has 0 spiro atoms. The number of carboxylic acids is 1. The number of allylic oxidation sites excluding steroid dienone is 1. The van der Waals surface area contributed by atoms with E-state index in [0.29, 0.717) is 36.8 Å². The second-order valence-electron chi connectivity index (χ2n) is 10.3. The average molecular weight is 554 g/mol. The van der Waals surface area contributed by atoms with Gasteiger partial charge in [-0.05, 0) is 94.5 Å². The number of aryl methyl sites for hydroxylation is 1. The lowest BCUT2D eigenvalue weighted by Crippen LogP contribution is -2.40. The molecule has 1 fully saturated rings. The lowest BCUT2D eigenvalue weighted by atomic mass is 9.86. The maximum atomic E-state index is 14.1. The van der Waals surface area contributed by atoms with Crippen LogP contribution in [0.5, 0.6) is 0 Å². The SMILES string of the molecule is O=C(O)c1ccc2c(c1)CCCC(c1ccc(F)c(C(F)(F)F)c1)=C2c1ccc(C=C2CN(CCCF)C2)cc1. The highest BCUT2D eigenvalue weighted by Gasteiger charge is 2.35. The first-order valence-electron chi connectivity index (χ1n) is 13.2. The van der Waals surface area contributed by atoms with Crippen LogP contribution in [0.3, 0.4) is 0 Å². The second-order valence-corrected chi connectivity index (χ2v) is 10.3. The molecule has 0 radical (unpaired) electrons. The van der Waals surface area contributed by atoms with Crippen molar-refractivity contribution >= 4 is 23.2 Å². The van der Waals surface area contributed by atoms with E-state index < -0.39 is 23.5 Å². The van der Waals surface area contributed by atoms with E-state index in [0.717, 1.165) is 54.0 Å². The predicted molar refractivity (Wildman–Crippen MR) is 145 cm³/mol. The van der Waals surface area contributed by atoms with E-state index in [2.05, 4.69) is 11.0 Å². The minimum absolute atomic E-state index is 0.144. The van der Waals surface area contributed by atoms with Gasteiger partial charge in [0.25, 0.3) is 0 Å². The molecule has 0 atom stereocenters. The van der Waals surface area contributed by atoms with Crippen molar-refractivity contribution in [1.82, 2.24) is 4.90 Å². The number of carbonyl (C=O) groups is 1. The van der Waals surface area contributed by atoms with Crippen LogP contribution in [0.25, 0.3) is 17.2 Å². The Morgan fingerprint density at radius 1 is 0.950 bits per heavy atom. The number of rotatable bonds is 7. The van der Waals surface area contributed by atoms with Crippen LogP contribution < -0.4 is 0 Å². The fourth-order valence-corrected chi connectivity index (χ4v) is 5.51. The van der Waals surface area contributed by atoms with Gasteiger partial charge in [-0.1, -0.05) is 42.5 Å². The number of halogens is 5. The number of nitrogens with zero attached hydrogens (tertiary/aromatic N) is 1. The largest absolute Gasteiger partial charge is 0.478 e. The van der Waals surface area contributed by atoms with Crippen LogP contribution >= 0.6 is 0 Å². The van der Waals surface area contributed by atoms with Crippen LogP contribution in [0.2, 0.25) is 0 Å². The van der Waals surface area contributed by atoms with Gasteiger partial charge in [-0.15, -0.1) is 0 Å². The van der Waals surface area contributed by atoms with E-state index >= 15 is 0 Å². The summed E-state index contributed by atoms with van der Waals surface area (Å²) in [7, 11) is 0. The summed E-state index contributed by atoms with van der Waals surface area (Å²) in [6, 6.07) is 15.6. The zero-order valence-corrected chi connectivity index (χ0v) is 21.7. The zero-order valence-electron chi connectivity index (χ0n) is 21.7. The molecule has 0 saturated carbocycles. The van der Waals surface area contributed by atoms with E-state index in [4.69, 9.17) is 0 Å². The van der Waals surface area contributed by atoms with Crippen LogP contribution in [-0.2, 0) is 12.6 Å². The van der Waals surface area contributed by atoms with Gasteiger partial charge in [0.15, 0.2) is 0 Å². The van der Waals surface area contributed by atoms with Crippen LogP contribution in [0.15, 0.2) is 66.2 Å². The predicted octanol–water partition coefficient (Wildman–Crippen LogP) is 7.90. The Kier molecular flexibility index (Phi) is 7.90. The number of benzene rings is 3. The molecule has 1 aliphatic heterocycles. The fraction of sp³-hybridized carbons (Fsp3) is 0.281. The summed E-state index contributed by atoms with van der Waals surface area (Å²) in [4.78, 5) is 13.8. The molecule has 208 valence electrons. The number of hydrogen-bond donors (Lipinski definition) is 1. The van der Waals surface area contributed by atoms with Gasteiger partial charge in [0.05, 0.1) is 17.8 Å². The Labute approximate surface area is 229 Å². The quantitative estimate of drug-likeness (QED) is 0.303. The van der Waals surface area contributed by atoms with Crippen molar-refractivity contribution in [3.63, 3.8) is 0 Å². The van der Waals surface area contributed by atoms with Crippen molar-refractivity contribution in [2.45, 2.75) is 31.9 Å². The first-order valence-corrected chi connectivity index (χ1v) is 13.2. The summed E-state index contributed by atoms with van der Waals surface area (Å²) in [5.41, 5.74) is 5.02.